The highest BCUT2D eigenvalue weighted by molar-refractivity contribution is 7.93. The summed E-state index contributed by atoms with van der Waals surface area (Å²) in [5.41, 5.74) is 5.70. The van der Waals surface area contributed by atoms with Gasteiger partial charge in [-0.3, -0.25) is 0 Å². The van der Waals surface area contributed by atoms with Crippen LogP contribution in [0.15, 0.2) is 50.6 Å². The molecule has 0 heterocycles. The minimum atomic E-state index is -2.37. The fraction of sp³-hybridized carbons (Fsp3) is 0.458. The topological polar surface area (TPSA) is 45.0 Å². The minimum absolute atomic E-state index is 0.646. The molecule has 29 heavy (non-hydrogen) atoms. The second kappa shape index (κ2) is 9.12. The SMILES string of the molecule is CCN(C)C=Nc1cc(C)c(Cc2ccccc2S(C)(=O)=NCC2CC2)cc1C. The number of aryl methyl sites for hydroxylation is 2. The first kappa shape index (κ1) is 21.6. The molecule has 1 unspecified atom stereocenters. The molecule has 0 saturated heterocycles. The highest BCUT2D eigenvalue weighted by Crippen LogP contribution is 2.31. The molecule has 1 fully saturated rings. The van der Waals surface area contributed by atoms with Crippen LogP contribution in [0, 0.1) is 19.8 Å². The molecule has 0 N–H and O–H groups in total. The Morgan fingerprint density at radius 1 is 1.14 bits per heavy atom. The molecule has 0 spiro atoms. The maximum absolute atomic E-state index is 13.3. The molecule has 0 aromatic heterocycles. The maximum atomic E-state index is 13.3. The molecule has 5 heteroatoms. The molecule has 1 atom stereocenters. The molecule has 0 bridgehead atoms. The van der Waals surface area contributed by atoms with Crippen LogP contribution in [0.25, 0.3) is 0 Å². The zero-order chi connectivity index (χ0) is 21.0. The molecule has 0 amide bonds. The van der Waals surface area contributed by atoms with Crippen molar-refractivity contribution in [2.75, 3.05) is 26.4 Å². The number of hydrogen-bond acceptors (Lipinski definition) is 3. The Morgan fingerprint density at radius 3 is 2.55 bits per heavy atom. The average Bonchev–Trinajstić information content (AvgIpc) is 3.52. The van der Waals surface area contributed by atoms with Crippen LogP contribution in [-0.2, 0) is 16.1 Å². The zero-order valence-corrected chi connectivity index (χ0v) is 19.1. The summed E-state index contributed by atoms with van der Waals surface area (Å²) < 4.78 is 17.9. The minimum Gasteiger partial charge on any atom is -0.366 e. The third-order valence-electron chi connectivity index (χ3n) is 5.58. The lowest BCUT2D eigenvalue weighted by atomic mass is 9.97. The molecule has 1 saturated carbocycles. The monoisotopic (exact) mass is 411 g/mol. The van der Waals surface area contributed by atoms with E-state index in [4.69, 9.17) is 0 Å². The van der Waals surface area contributed by atoms with Gasteiger partial charge in [0.05, 0.1) is 33.2 Å². The second-order valence-electron chi connectivity index (χ2n) is 8.23. The molecule has 0 aliphatic heterocycles. The van der Waals surface area contributed by atoms with Crippen molar-refractivity contribution in [2.45, 2.75) is 44.9 Å². The molecule has 0 radical (unpaired) electrons. The Bertz CT molecular complexity index is 1010. The van der Waals surface area contributed by atoms with Crippen molar-refractivity contribution in [1.29, 1.82) is 0 Å². The molecule has 2 aromatic rings. The third kappa shape index (κ3) is 5.69. The van der Waals surface area contributed by atoms with E-state index in [1.165, 1.54) is 24.0 Å². The van der Waals surface area contributed by atoms with Crippen molar-refractivity contribution in [3.05, 3.63) is 58.7 Å². The summed E-state index contributed by atoms with van der Waals surface area (Å²) in [6.07, 6.45) is 6.87. The summed E-state index contributed by atoms with van der Waals surface area (Å²) in [6.45, 7) is 7.98. The van der Waals surface area contributed by atoms with Gasteiger partial charge in [0.25, 0.3) is 0 Å². The molecule has 1 aliphatic carbocycles. The van der Waals surface area contributed by atoms with Gasteiger partial charge in [-0.2, -0.15) is 0 Å². The van der Waals surface area contributed by atoms with E-state index in [0.29, 0.717) is 5.92 Å². The van der Waals surface area contributed by atoms with E-state index in [2.05, 4.69) is 53.2 Å². The summed E-state index contributed by atoms with van der Waals surface area (Å²) >= 11 is 0. The molecule has 1 aliphatic rings. The van der Waals surface area contributed by atoms with Gasteiger partial charge in [0.2, 0.25) is 0 Å². The number of rotatable bonds is 8. The largest absolute Gasteiger partial charge is 0.366 e. The molecule has 156 valence electrons. The summed E-state index contributed by atoms with van der Waals surface area (Å²) in [6, 6.07) is 12.4. The smallest absolute Gasteiger partial charge is 0.0909 e. The van der Waals surface area contributed by atoms with E-state index in [0.717, 1.165) is 41.2 Å². The maximum Gasteiger partial charge on any atom is 0.0909 e. The Balaban J connectivity index is 1.89. The Morgan fingerprint density at radius 2 is 1.86 bits per heavy atom. The van der Waals surface area contributed by atoms with Gasteiger partial charge in [0, 0.05) is 19.8 Å². The van der Waals surface area contributed by atoms with Gasteiger partial charge in [0.1, 0.15) is 0 Å². The van der Waals surface area contributed by atoms with E-state index in [1.54, 1.807) is 6.26 Å². The quantitative estimate of drug-likeness (QED) is 0.433. The number of benzene rings is 2. The fourth-order valence-electron chi connectivity index (χ4n) is 3.27. The van der Waals surface area contributed by atoms with E-state index in [9.17, 15) is 4.21 Å². The Kier molecular flexibility index (Phi) is 6.78. The van der Waals surface area contributed by atoms with Crippen LogP contribution in [0.3, 0.4) is 0 Å². The van der Waals surface area contributed by atoms with E-state index < -0.39 is 9.73 Å². The molecule has 3 rings (SSSR count). The van der Waals surface area contributed by atoms with Crippen LogP contribution in [0.1, 0.15) is 42.0 Å². The molecular formula is C24H33N3OS. The van der Waals surface area contributed by atoms with Crippen molar-refractivity contribution in [3.63, 3.8) is 0 Å². The Hall–Kier alpha value is -2.14. The van der Waals surface area contributed by atoms with Crippen molar-refractivity contribution in [1.82, 2.24) is 4.90 Å². The second-order valence-corrected chi connectivity index (χ2v) is 10.5. The van der Waals surface area contributed by atoms with Crippen LogP contribution in [0.2, 0.25) is 0 Å². The number of hydrogen-bond donors (Lipinski definition) is 0. The lowest BCUT2D eigenvalue weighted by Gasteiger charge is -2.15. The van der Waals surface area contributed by atoms with Crippen molar-refractivity contribution in [2.24, 2.45) is 15.3 Å². The highest BCUT2D eigenvalue weighted by atomic mass is 32.2. The van der Waals surface area contributed by atoms with E-state index in [-0.39, 0.29) is 0 Å². The van der Waals surface area contributed by atoms with Crippen LogP contribution >= 0.6 is 0 Å². The first-order valence-corrected chi connectivity index (χ1v) is 12.3. The van der Waals surface area contributed by atoms with Gasteiger partial charge < -0.3 is 4.90 Å². The van der Waals surface area contributed by atoms with Crippen LogP contribution < -0.4 is 0 Å². The van der Waals surface area contributed by atoms with Crippen LogP contribution in [0.5, 0.6) is 0 Å². The van der Waals surface area contributed by atoms with E-state index in [1.807, 2.05) is 31.6 Å². The normalized spacial score (nSPS) is 16.0. The molecule has 2 aromatic carbocycles. The molecular weight excluding hydrogens is 378 g/mol. The van der Waals surface area contributed by atoms with Gasteiger partial charge >= 0.3 is 0 Å². The summed E-state index contributed by atoms with van der Waals surface area (Å²) in [4.78, 5) is 7.57. The number of nitrogens with zero attached hydrogens (tertiary/aromatic N) is 3. The van der Waals surface area contributed by atoms with Gasteiger partial charge in [-0.05, 0) is 80.3 Å². The van der Waals surface area contributed by atoms with Crippen LogP contribution in [0.4, 0.5) is 5.69 Å². The predicted octanol–water partition coefficient (Wildman–Crippen LogP) is 5.37. The zero-order valence-electron chi connectivity index (χ0n) is 18.3. The summed E-state index contributed by atoms with van der Waals surface area (Å²) in [7, 11) is -0.351. The highest BCUT2D eigenvalue weighted by Gasteiger charge is 2.22. The van der Waals surface area contributed by atoms with Gasteiger partial charge in [-0.25, -0.2) is 13.6 Å². The van der Waals surface area contributed by atoms with Gasteiger partial charge in [0.15, 0.2) is 0 Å². The molecule has 4 nitrogen and oxygen atoms in total. The van der Waals surface area contributed by atoms with E-state index >= 15 is 0 Å². The fourth-order valence-corrected chi connectivity index (χ4v) is 4.87. The Labute approximate surface area is 176 Å². The van der Waals surface area contributed by atoms with Gasteiger partial charge in [-0.15, -0.1) is 0 Å². The lowest BCUT2D eigenvalue weighted by Crippen LogP contribution is -2.14. The summed E-state index contributed by atoms with van der Waals surface area (Å²) in [5.74, 6) is 0.646. The summed E-state index contributed by atoms with van der Waals surface area (Å²) in [5, 5.41) is 0. The number of aliphatic imine (C=N–C) groups is 1. The van der Waals surface area contributed by atoms with Crippen molar-refractivity contribution < 1.29 is 4.21 Å². The first-order valence-electron chi connectivity index (χ1n) is 10.4. The van der Waals surface area contributed by atoms with Crippen molar-refractivity contribution in [3.8, 4) is 0 Å². The lowest BCUT2D eigenvalue weighted by molar-refractivity contribution is 0.552. The van der Waals surface area contributed by atoms with Crippen molar-refractivity contribution >= 4 is 21.8 Å². The standard InChI is InChI=1S/C24H33N3OS/c1-6-27(4)17-25-23-14-18(2)22(13-19(23)3)15-21-9-7-8-10-24(21)29(5,28)26-16-20-11-12-20/h7-10,13-14,17,20H,6,11-12,15-16H2,1-5H3. The first-order chi connectivity index (χ1) is 13.8. The van der Waals surface area contributed by atoms with Crippen LogP contribution in [-0.4, -0.2) is 41.8 Å². The predicted molar refractivity (Wildman–Crippen MR) is 124 cm³/mol. The van der Waals surface area contributed by atoms with Gasteiger partial charge in [-0.1, -0.05) is 24.3 Å². The third-order valence-corrected chi connectivity index (χ3v) is 7.44. The average molecular weight is 412 g/mol.